The number of rotatable bonds is 4. The summed E-state index contributed by atoms with van der Waals surface area (Å²) < 4.78 is 0.522. The van der Waals surface area contributed by atoms with Gasteiger partial charge in [0.05, 0.1) is 0 Å². The molecule has 2 atom stereocenters. The summed E-state index contributed by atoms with van der Waals surface area (Å²) in [5.41, 5.74) is 4.00. The number of allylic oxidation sites excluding steroid dienone is 8. The van der Waals surface area contributed by atoms with E-state index in [9.17, 15) is 19.8 Å². The minimum atomic E-state index is -1.63. The average molecular weight is 707 g/mol. The molecule has 0 bridgehead atoms. The molecule has 39 heavy (non-hydrogen) atoms. The number of carboxylic acid groups (broad SMARTS) is 2. The van der Waals surface area contributed by atoms with Gasteiger partial charge in [-0.25, -0.2) is 0 Å². The molecule has 216 valence electrons. The monoisotopic (exact) mass is 708 g/mol. The number of hydrogen-bond acceptors (Lipinski definition) is 6. The number of aliphatic hydroxyl groups is 2. The van der Waals surface area contributed by atoms with Gasteiger partial charge in [0.2, 0.25) is 0 Å². The summed E-state index contributed by atoms with van der Waals surface area (Å²) in [4.78, 5) is 18.5. The third-order valence-corrected chi connectivity index (χ3v) is 17.5. The van der Waals surface area contributed by atoms with Gasteiger partial charge in [-0.2, -0.15) is 0 Å². The summed E-state index contributed by atoms with van der Waals surface area (Å²) in [6.07, 6.45) is 15.5. The number of aliphatic carboxylic acids is 2. The van der Waals surface area contributed by atoms with Crippen LogP contribution in [0.2, 0.25) is 6.34 Å². The van der Waals surface area contributed by atoms with Crippen molar-refractivity contribution in [3.63, 3.8) is 0 Å². The molecule has 0 saturated heterocycles. The molecule has 0 aromatic rings. The third-order valence-electron chi connectivity index (χ3n) is 6.92. The van der Waals surface area contributed by atoms with Crippen molar-refractivity contribution in [2.75, 3.05) is 0 Å². The molecule has 0 spiro atoms. The fourth-order valence-corrected chi connectivity index (χ4v) is 11.9. The Balaban J connectivity index is 0.00000100. The topological polar surface area (TPSA) is 121 Å². The summed E-state index contributed by atoms with van der Waals surface area (Å²) >= 11 is -1.24. The summed E-state index contributed by atoms with van der Waals surface area (Å²) in [5, 5.41) is 34.0. The molecular weight excluding hydrogens is 659 g/mol. The van der Waals surface area contributed by atoms with Crippen LogP contribution in [0.5, 0.6) is 0 Å². The number of carbonyl (C=O) groups excluding carboxylic acids is 2. The molecule has 0 aromatic heterocycles. The molecule has 0 radical (unpaired) electrons. The van der Waals surface area contributed by atoms with Gasteiger partial charge in [-0.3, -0.25) is 0 Å². The molecule has 2 rings (SSSR count). The van der Waals surface area contributed by atoms with Crippen molar-refractivity contribution in [1.82, 2.24) is 0 Å². The minimum absolute atomic E-state index is 0.222. The maximum absolute atomic E-state index is 9.24. The Labute approximate surface area is 247 Å². The first-order valence-corrected chi connectivity index (χ1v) is 16.5. The number of carbonyl (C=O) groups is 2. The predicted molar refractivity (Wildman–Crippen MR) is 151 cm³/mol. The Morgan fingerprint density at radius 3 is 1.03 bits per heavy atom. The van der Waals surface area contributed by atoms with Gasteiger partial charge in [0, 0.05) is 0 Å². The molecule has 2 N–H and O–H groups in total. The van der Waals surface area contributed by atoms with Crippen LogP contribution in [0.15, 0.2) is 72.3 Å². The standard InChI is InChI=1S/2C13H21.2C3H4O3.Hf/c2*1-12(2,3)10-7-8-11(9-10)13(4,5)6;2*1-2(4)3(5)6;/h2*7-9H,1-6H3;2*4H,1H2,(H,5,6);/q;;;;+2/p-2. The second-order valence-corrected chi connectivity index (χ2v) is 21.0. The van der Waals surface area contributed by atoms with E-state index in [-0.39, 0.29) is 28.0 Å². The first-order valence-electron chi connectivity index (χ1n) is 12.9. The van der Waals surface area contributed by atoms with E-state index in [4.69, 9.17) is 10.2 Å². The Bertz CT molecular complexity index is 968. The van der Waals surface area contributed by atoms with Crippen LogP contribution in [0.1, 0.15) is 83.1 Å². The Kier molecular flexibility index (Phi) is 11.9. The van der Waals surface area contributed by atoms with Gasteiger partial charge in [-0.15, -0.1) is 0 Å². The van der Waals surface area contributed by atoms with E-state index in [0.717, 1.165) is 0 Å². The van der Waals surface area contributed by atoms with Crippen molar-refractivity contribution in [2.45, 2.75) is 89.4 Å². The zero-order valence-electron chi connectivity index (χ0n) is 25.9. The summed E-state index contributed by atoms with van der Waals surface area (Å²) in [7, 11) is 0. The van der Waals surface area contributed by atoms with Gasteiger partial charge in [0.15, 0.2) is 0 Å². The van der Waals surface area contributed by atoms with Crippen molar-refractivity contribution in [1.29, 1.82) is 0 Å². The van der Waals surface area contributed by atoms with Crippen LogP contribution in [0.4, 0.5) is 0 Å². The Hall–Kier alpha value is -2.15. The molecule has 0 aromatic carbocycles. The molecule has 0 fully saturated rings. The molecular formula is C32H48HfO6. The third kappa shape index (κ3) is 10.1. The van der Waals surface area contributed by atoms with Gasteiger partial charge >= 0.3 is 182 Å². The van der Waals surface area contributed by atoms with Crippen molar-refractivity contribution in [3.05, 3.63) is 72.3 Å². The fraction of sp³-hybridized carbons (Fsp3) is 0.562. The van der Waals surface area contributed by atoms with E-state index in [1.807, 2.05) is 0 Å². The zero-order valence-corrected chi connectivity index (χ0v) is 29.5. The van der Waals surface area contributed by atoms with Crippen molar-refractivity contribution in [3.8, 4) is 0 Å². The maximum atomic E-state index is 9.24. The molecule has 0 aliphatic heterocycles. The fourth-order valence-electron chi connectivity index (χ4n) is 3.86. The molecule has 0 amide bonds. The van der Waals surface area contributed by atoms with Gasteiger partial charge in [0.25, 0.3) is 0 Å². The summed E-state index contributed by atoms with van der Waals surface area (Å²) in [5.74, 6) is -5.13. The second-order valence-electron chi connectivity index (χ2n) is 14.2. The van der Waals surface area contributed by atoms with Crippen molar-refractivity contribution >= 4 is 11.9 Å². The SMILES string of the molecule is C=C(O)C(=O)[O-].C=C(O)C(=O)[O-].CC(C)(C)C1=C[C]([Hf+2][C]2(C(C)(C)C)C=CC(C(C)(C)C)=C2)(C(C)(C)C)C=C1. The van der Waals surface area contributed by atoms with Gasteiger partial charge < -0.3 is 30.0 Å². The van der Waals surface area contributed by atoms with Crippen LogP contribution in [0.25, 0.3) is 0 Å². The molecule has 2 unspecified atom stereocenters. The van der Waals surface area contributed by atoms with Crippen molar-refractivity contribution in [2.24, 2.45) is 21.7 Å². The van der Waals surface area contributed by atoms with Crippen molar-refractivity contribution < 1.29 is 52.9 Å². The van der Waals surface area contributed by atoms with Crippen LogP contribution in [-0.2, 0) is 32.5 Å². The predicted octanol–water partition coefficient (Wildman–Crippen LogP) is 6.18. The molecule has 2 aliphatic rings. The van der Waals surface area contributed by atoms with E-state index in [1.165, 1.54) is 11.1 Å². The van der Waals surface area contributed by atoms with Crippen LogP contribution < -0.4 is 10.2 Å². The van der Waals surface area contributed by atoms with Crippen LogP contribution in [-0.4, -0.2) is 22.2 Å². The average Bonchev–Trinajstić information content (AvgIpc) is 3.34. The number of carboxylic acids is 2. The normalized spacial score (nSPS) is 22.4. The molecule has 2 aliphatic carbocycles. The van der Waals surface area contributed by atoms with Gasteiger partial charge in [-0.05, 0) is 0 Å². The second kappa shape index (κ2) is 12.6. The van der Waals surface area contributed by atoms with E-state index in [1.54, 1.807) is 0 Å². The molecule has 6 nitrogen and oxygen atoms in total. The van der Waals surface area contributed by atoms with E-state index < -0.39 is 46.4 Å². The Morgan fingerprint density at radius 2 is 0.897 bits per heavy atom. The van der Waals surface area contributed by atoms with Crippen LogP contribution >= 0.6 is 0 Å². The molecule has 7 heteroatoms. The quantitative estimate of drug-likeness (QED) is 0.205. The summed E-state index contributed by atoms with van der Waals surface area (Å²) in [6, 6.07) is 0. The van der Waals surface area contributed by atoms with E-state index in [0.29, 0.717) is 0 Å². The molecule has 0 saturated carbocycles. The number of aliphatic hydroxyl groups excluding tert-OH is 2. The zero-order chi connectivity index (χ0) is 31.4. The first-order chi connectivity index (χ1) is 17.1. The van der Waals surface area contributed by atoms with Gasteiger partial charge in [-0.1, -0.05) is 13.2 Å². The molecule has 0 heterocycles. The van der Waals surface area contributed by atoms with Crippen LogP contribution in [0.3, 0.4) is 0 Å². The van der Waals surface area contributed by atoms with Crippen LogP contribution in [0, 0.1) is 21.7 Å². The summed E-state index contributed by atoms with van der Waals surface area (Å²) in [6.45, 7) is 34.1. The van der Waals surface area contributed by atoms with Gasteiger partial charge in [0.1, 0.15) is 23.5 Å². The Morgan fingerprint density at radius 1 is 0.667 bits per heavy atom. The van der Waals surface area contributed by atoms with E-state index >= 15 is 0 Å². The first kappa shape index (κ1) is 36.9. The van der Waals surface area contributed by atoms with E-state index in [2.05, 4.69) is 133 Å². The number of hydrogen-bond donors (Lipinski definition) is 2.